The first-order valence-corrected chi connectivity index (χ1v) is 7.24. The molecule has 0 saturated carbocycles. The monoisotopic (exact) mass is 269 g/mol. The molecule has 0 aliphatic carbocycles. The summed E-state index contributed by atoms with van der Waals surface area (Å²) in [5.41, 5.74) is 3.72. The number of anilines is 1. The van der Waals surface area contributed by atoms with Crippen LogP contribution in [0.2, 0.25) is 0 Å². The summed E-state index contributed by atoms with van der Waals surface area (Å²) >= 11 is 0. The third-order valence-electron chi connectivity index (χ3n) is 3.49. The van der Waals surface area contributed by atoms with Crippen molar-refractivity contribution in [1.82, 2.24) is 0 Å². The van der Waals surface area contributed by atoms with Crippen LogP contribution >= 0.6 is 0 Å². The lowest BCUT2D eigenvalue weighted by atomic mass is 10.1. The van der Waals surface area contributed by atoms with Crippen LogP contribution in [0.3, 0.4) is 0 Å². The van der Waals surface area contributed by atoms with E-state index in [0.717, 1.165) is 24.4 Å². The molecule has 106 valence electrons. The van der Waals surface area contributed by atoms with Crippen molar-refractivity contribution in [2.45, 2.75) is 39.8 Å². The van der Waals surface area contributed by atoms with Crippen LogP contribution in [0, 0.1) is 6.92 Å². The van der Waals surface area contributed by atoms with Crippen molar-refractivity contribution in [2.75, 3.05) is 5.32 Å². The first-order valence-electron chi connectivity index (χ1n) is 7.24. The Bertz CT molecular complexity index is 551. The summed E-state index contributed by atoms with van der Waals surface area (Å²) in [6, 6.07) is 16.6. The molecule has 0 unspecified atom stereocenters. The third-order valence-corrected chi connectivity index (χ3v) is 3.49. The van der Waals surface area contributed by atoms with Gasteiger partial charge in [-0.25, -0.2) is 0 Å². The molecule has 1 N–H and O–H groups in total. The minimum absolute atomic E-state index is 0.251. The third kappa shape index (κ3) is 4.02. The van der Waals surface area contributed by atoms with E-state index in [1.807, 2.05) is 12.1 Å². The minimum atomic E-state index is 0.251. The van der Waals surface area contributed by atoms with E-state index in [1.54, 1.807) is 0 Å². The van der Waals surface area contributed by atoms with Crippen molar-refractivity contribution < 1.29 is 4.74 Å². The number of benzene rings is 2. The van der Waals surface area contributed by atoms with E-state index in [4.69, 9.17) is 4.74 Å². The van der Waals surface area contributed by atoms with Crippen molar-refractivity contribution in [3.63, 3.8) is 0 Å². The van der Waals surface area contributed by atoms with Crippen LogP contribution in [0.25, 0.3) is 0 Å². The summed E-state index contributed by atoms with van der Waals surface area (Å²) in [7, 11) is 0. The maximum absolute atomic E-state index is 5.84. The largest absolute Gasteiger partial charge is 0.491 e. The minimum Gasteiger partial charge on any atom is -0.491 e. The van der Waals surface area contributed by atoms with Crippen LogP contribution in [0.15, 0.2) is 48.5 Å². The second-order valence-corrected chi connectivity index (χ2v) is 5.14. The second kappa shape index (κ2) is 6.99. The van der Waals surface area contributed by atoms with E-state index in [0.29, 0.717) is 0 Å². The van der Waals surface area contributed by atoms with Gasteiger partial charge >= 0.3 is 0 Å². The Morgan fingerprint density at radius 1 is 1.10 bits per heavy atom. The Kier molecular flexibility index (Phi) is 5.05. The first kappa shape index (κ1) is 14.4. The lowest BCUT2D eigenvalue weighted by molar-refractivity contribution is 0.217. The number of rotatable bonds is 6. The summed E-state index contributed by atoms with van der Waals surface area (Å²) in [5.74, 6) is 0.925. The molecule has 0 saturated heterocycles. The Balaban J connectivity index is 2.00. The van der Waals surface area contributed by atoms with Gasteiger partial charge in [0.15, 0.2) is 0 Å². The molecule has 2 rings (SSSR count). The number of aryl methyl sites for hydroxylation is 1. The average Bonchev–Trinajstić information content (AvgIpc) is 2.47. The average molecular weight is 269 g/mol. The van der Waals surface area contributed by atoms with Gasteiger partial charge in [-0.15, -0.1) is 0 Å². The summed E-state index contributed by atoms with van der Waals surface area (Å²) < 4.78 is 5.84. The van der Waals surface area contributed by atoms with Gasteiger partial charge < -0.3 is 10.1 Å². The van der Waals surface area contributed by atoms with Crippen LogP contribution in [0.5, 0.6) is 5.75 Å². The van der Waals surface area contributed by atoms with Crippen LogP contribution < -0.4 is 10.1 Å². The molecule has 20 heavy (non-hydrogen) atoms. The van der Waals surface area contributed by atoms with Crippen LogP contribution in [0.4, 0.5) is 5.69 Å². The fourth-order valence-electron chi connectivity index (χ4n) is 2.00. The molecule has 0 aliphatic rings. The summed E-state index contributed by atoms with van der Waals surface area (Å²) in [5, 5.41) is 3.45. The lowest BCUT2D eigenvalue weighted by Crippen LogP contribution is -2.09. The van der Waals surface area contributed by atoms with E-state index in [1.165, 1.54) is 11.1 Å². The number of ether oxygens (including phenoxy) is 1. The van der Waals surface area contributed by atoms with Gasteiger partial charge in [0.2, 0.25) is 0 Å². The van der Waals surface area contributed by atoms with Gasteiger partial charge in [0.25, 0.3) is 0 Å². The van der Waals surface area contributed by atoms with E-state index >= 15 is 0 Å². The SMILES string of the molecule is CC[C@H](C)Oc1cccc(NCc2ccccc2C)c1. The van der Waals surface area contributed by atoms with Crippen molar-refractivity contribution >= 4 is 5.69 Å². The van der Waals surface area contributed by atoms with Crippen molar-refractivity contribution in [3.05, 3.63) is 59.7 Å². The zero-order chi connectivity index (χ0) is 14.4. The zero-order valence-electron chi connectivity index (χ0n) is 12.5. The van der Waals surface area contributed by atoms with Gasteiger partial charge in [-0.1, -0.05) is 37.3 Å². The molecule has 0 aromatic heterocycles. The van der Waals surface area contributed by atoms with E-state index in [2.05, 4.69) is 62.5 Å². The van der Waals surface area contributed by atoms with Crippen molar-refractivity contribution in [2.24, 2.45) is 0 Å². The topological polar surface area (TPSA) is 21.3 Å². The summed E-state index contributed by atoms with van der Waals surface area (Å²) in [6.07, 6.45) is 1.27. The molecule has 0 heterocycles. The maximum Gasteiger partial charge on any atom is 0.121 e. The molecule has 0 radical (unpaired) electrons. The molecule has 0 aliphatic heterocycles. The van der Waals surface area contributed by atoms with Crippen molar-refractivity contribution in [3.8, 4) is 5.75 Å². The van der Waals surface area contributed by atoms with Crippen LogP contribution in [-0.4, -0.2) is 6.10 Å². The number of hydrogen-bond acceptors (Lipinski definition) is 2. The van der Waals surface area contributed by atoms with E-state index < -0.39 is 0 Å². The maximum atomic E-state index is 5.84. The predicted molar refractivity (Wildman–Crippen MR) is 85.3 cm³/mol. The normalized spacial score (nSPS) is 11.9. The Morgan fingerprint density at radius 2 is 1.90 bits per heavy atom. The van der Waals surface area contributed by atoms with Gasteiger partial charge in [0, 0.05) is 18.3 Å². The lowest BCUT2D eigenvalue weighted by Gasteiger charge is -2.14. The highest BCUT2D eigenvalue weighted by atomic mass is 16.5. The Hall–Kier alpha value is -1.96. The molecular formula is C18H23NO. The molecule has 0 fully saturated rings. The first-order chi connectivity index (χ1) is 9.69. The highest BCUT2D eigenvalue weighted by molar-refractivity contribution is 5.49. The number of nitrogens with one attached hydrogen (secondary N) is 1. The smallest absolute Gasteiger partial charge is 0.121 e. The molecule has 0 bridgehead atoms. The van der Waals surface area contributed by atoms with Gasteiger partial charge in [0.05, 0.1) is 6.10 Å². The number of hydrogen-bond donors (Lipinski definition) is 1. The van der Waals surface area contributed by atoms with Gasteiger partial charge in [0.1, 0.15) is 5.75 Å². The predicted octanol–water partition coefficient (Wildman–Crippen LogP) is 4.78. The Morgan fingerprint density at radius 3 is 2.65 bits per heavy atom. The summed E-state index contributed by atoms with van der Waals surface area (Å²) in [4.78, 5) is 0. The van der Waals surface area contributed by atoms with E-state index in [-0.39, 0.29) is 6.10 Å². The van der Waals surface area contributed by atoms with Crippen LogP contribution in [0.1, 0.15) is 31.4 Å². The molecule has 2 heteroatoms. The molecule has 2 aromatic rings. The molecule has 0 amide bonds. The van der Waals surface area contributed by atoms with Crippen molar-refractivity contribution in [1.29, 1.82) is 0 Å². The molecular weight excluding hydrogens is 246 g/mol. The molecule has 2 aromatic carbocycles. The van der Waals surface area contributed by atoms with Gasteiger partial charge in [-0.05, 0) is 43.5 Å². The van der Waals surface area contributed by atoms with Gasteiger partial charge in [-0.3, -0.25) is 0 Å². The quantitative estimate of drug-likeness (QED) is 0.814. The molecule has 2 nitrogen and oxygen atoms in total. The molecule has 1 atom stereocenters. The highest BCUT2D eigenvalue weighted by Gasteiger charge is 2.02. The highest BCUT2D eigenvalue weighted by Crippen LogP contribution is 2.20. The van der Waals surface area contributed by atoms with Crippen LogP contribution in [-0.2, 0) is 6.54 Å². The summed E-state index contributed by atoms with van der Waals surface area (Å²) in [6.45, 7) is 7.19. The van der Waals surface area contributed by atoms with Gasteiger partial charge in [-0.2, -0.15) is 0 Å². The molecule has 0 spiro atoms. The zero-order valence-corrected chi connectivity index (χ0v) is 12.5. The fraction of sp³-hybridized carbons (Fsp3) is 0.333. The second-order valence-electron chi connectivity index (χ2n) is 5.14. The fourth-order valence-corrected chi connectivity index (χ4v) is 2.00. The standard InChI is InChI=1S/C18H23NO/c1-4-15(3)20-18-11-7-10-17(12-18)19-13-16-9-6-5-8-14(16)2/h5-12,15,19H,4,13H2,1-3H3/t15-/m0/s1. The Labute approximate surface area is 121 Å². The van der Waals surface area contributed by atoms with E-state index in [9.17, 15) is 0 Å².